The minimum atomic E-state index is -0.101. The van der Waals surface area contributed by atoms with E-state index in [1.165, 1.54) is 10.4 Å². The predicted molar refractivity (Wildman–Crippen MR) is 159 cm³/mol. The maximum Gasteiger partial charge on any atom is 0.179 e. The number of nitrogens with zero attached hydrogens (tertiary/aromatic N) is 5. The zero-order chi connectivity index (χ0) is 26.5. The molecule has 5 aromatic rings. The second-order valence-corrected chi connectivity index (χ2v) is 10.6. The van der Waals surface area contributed by atoms with Crippen molar-refractivity contribution >= 4 is 45.9 Å². The van der Waals surface area contributed by atoms with Crippen molar-refractivity contribution in [3.8, 4) is 11.4 Å². The number of thiophene rings is 1. The molecule has 0 amide bonds. The molecule has 7 nitrogen and oxygen atoms in total. The minimum Gasteiger partial charge on any atom is -0.497 e. The van der Waals surface area contributed by atoms with E-state index in [0.717, 1.165) is 51.4 Å². The van der Waals surface area contributed by atoms with Crippen LogP contribution in [0.3, 0.4) is 0 Å². The summed E-state index contributed by atoms with van der Waals surface area (Å²) >= 11 is 1.74. The lowest BCUT2D eigenvalue weighted by molar-refractivity contribution is 0.415. The smallest absolute Gasteiger partial charge is 0.179 e. The van der Waals surface area contributed by atoms with Gasteiger partial charge in [-0.1, -0.05) is 35.9 Å². The summed E-state index contributed by atoms with van der Waals surface area (Å²) in [5, 5.41) is 10.7. The Kier molecular flexibility index (Phi) is 5.56. The van der Waals surface area contributed by atoms with Gasteiger partial charge in [0.2, 0.25) is 0 Å². The second-order valence-electron chi connectivity index (χ2n) is 9.60. The highest BCUT2D eigenvalue weighted by Gasteiger charge is 2.41. The molecule has 1 atom stereocenters. The number of aromatic nitrogens is 2. The Bertz CT molecular complexity index is 1730. The van der Waals surface area contributed by atoms with Gasteiger partial charge < -0.3 is 15.0 Å². The number of para-hydroxylation sites is 2. The SMILES string of the molecule is COc1ccc(NC2=Nc3ccccc3N3C2=Nc2c(c(C)nn2-c2ccc(C)cc2)[C@@H]3c2cccs2)cc1. The molecule has 0 spiro atoms. The largest absolute Gasteiger partial charge is 0.497 e. The number of rotatable bonds is 4. The molecule has 0 fully saturated rings. The molecule has 2 aromatic heterocycles. The number of hydrogen-bond donors (Lipinski definition) is 1. The Morgan fingerprint density at radius 3 is 2.41 bits per heavy atom. The summed E-state index contributed by atoms with van der Waals surface area (Å²) in [5.74, 6) is 3.06. The van der Waals surface area contributed by atoms with Crippen molar-refractivity contribution < 1.29 is 4.74 Å². The standard InChI is InChI=1S/C31H26N6OS/c1-19-10-14-22(15-11-19)37-30-27(20(2)35-37)28(26-9-6-18-39-26)36-25-8-5-4-7-24(25)33-29(31(36)34-30)32-21-12-16-23(38-3)17-13-21/h4-18,28H,1-3H3,(H,32,33)/t28-/m0/s1. The molecule has 2 aliphatic heterocycles. The van der Waals surface area contributed by atoms with Gasteiger partial charge in [-0.2, -0.15) is 5.10 Å². The van der Waals surface area contributed by atoms with E-state index in [0.29, 0.717) is 5.84 Å². The quantitative estimate of drug-likeness (QED) is 0.264. The first kappa shape index (κ1) is 23.4. The van der Waals surface area contributed by atoms with Crippen LogP contribution in [0.15, 0.2) is 100 Å². The topological polar surface area (TPSA) is 67.0 Å². The van der Waals surface area contributed by atoms with Crippen LogP contribution >= 0.6 is 11.3 Å². The fourth-order valence-corrected chi connectivity index (χ4v) is 6.01. The number of nitrogens with one attached hydrogen (secondary N) is 1. The third kappa shape index (κ3) is 3.92. The Morgan fingerprint density at radius 1 is 0.872 bits per heavy atom. The van der Waals surface area contributed by atoms with Gasteiger partial charge in [0, 0.05) is 16.1 Å². The highest BCUT2D eigenvalue weighted by atomic mass is 32.1. The molecule has 7 rings (SSSR count). The van der Waals surface area contributed by atoms with Crippen molar-refractivity contribution in [1.82, 2.24) is 9.78 Å². The van der Waals surface area contributed by atoms with Crippen molar-refractivity contribution in [3.63, 3.8) is 0 Å². The van der Waals surface area contributed by atoms with E-state index >= 15 is 0 Å². The van der Waals surface area contributed by atoms with E-state index in [1.54, 1.807) is 18.4 Å². The van der Waals surface area contributed by atoms with Gasteiger partial charge in [0.25, 0.3) is 0 Å². The zero-order valence-corrected chi connectivity index (χ0v) is 22.6. The van der Waals surface area contributed by atoms with E-state index in [1.807, 2.05) is 41.1 Å². The molecule has 4 heterocycles. The van der Waals surface area contributed by atoms with Crippen molar-refractivity contribution in [1.29, 1.82) is 0 Å². The Balaban J connectivity index is 1.46. The molecule has 0 saturated carbocycles. The number of methoxy groups -OCH3 is 1. The van der Waals surface area contributed by atoms with Crippen LogP contribution < -0.4 is 15.0 Å². The third-order valence-electron chi connectivity index (χ3n) is 7.08. The molecule has 192 valence electrons. The van der Waals surface area contributed by atoms with Crippen LogP contribution in [0.4, 0.5) is 22.9 Å². The first-order valence-electron chi connectivity index (χ1n) is 12.8. The van der Waals surface area contributed by atoms with Crippen molar-refractivity contribution in [2.45, 2.75) is 19.9 Å². The molecule has 39 heavy (non-hydrogen) atoms. The van der Waals surface area contributed by atoms with Gasteiger partial charge in [0.1, 0.15) is 11.8 Å². The number of amidine groups is 2. The highest BCUT2D eigenvalue weighted by molar-refractivity contribution is 7.10. The van der Waals surface area contributed by atoms with Crippen LogP contribution in [-0.4, -0.2) is 28.6 Å². The van der Waals surface area contributed by atoms with E-state index in [-0.39, 0.29) is 6.04 Å². The first-order valence-corrected chi connectivity index (χ1v) is 13.7. The molecule has 0 bridgehead atoms. The lowest BCUT2D eigenvalue weighted by atomic mass is 9.98. The Hall–Kier alpha value is -4.69. The van der Waals surface area contributed by atoms with Gasteiger partial charge in [0.15, 0.2) is 17.5 Å². The van der Waals surface area contributed by atoms with Crippen LogP contribution in [0.2, 0.25) is 0 Å². The van der Waals surface area contributed by atoms with Gasteiger partial charge in [0.05, 0.1) is 29.9 Å². The Morgan fingerprint density at radius 2 is 1.67 bits per heavy atom. The molecule has 2 aliphatic rings. The summed E-state index contributed by atoms with van der Waals surface area (Å²) in [5.41, 5.74) is 7.04. The lowest BCUT2D eigenvalue weighted by Crippen LogP contribution is -2.46. The maximum atomic E-state index is 5.35. The summed E-state index contributed by atoms with van der Waals surface area (Å²) in [6.45, 7) is 4.16. The number of aryl methyl sites for hydroxylation is 2. The first-order chi connectivity index (χ1) is 19.1. The number of anilines is 2. The molecule has 0 saturated heterocycles. The van der Waals surface area contributed by atoms with Gasteiger partial charge >= 0.3 is 0 Å². The summed E-state index contributed by atoms with van der Waals surface area (Å²) in [7, 11) is 1.67. The van der Waals surface area contributed by atoms with Crippen molar-refractivity contribution in [2.75, 3.05) is 17.3 Å². The number of fused-ring (bicyclic) bond motifs is 4. The molecule has 1 N–H and O–H groups in total. The predicted octanol–water partition coefficient (Wildman–Crippen LogP) is 7.35. The fourth-order valence-electron chi connectivity index (χ4n) is 5.19. The van der Waals surface area contributed by atoms with E-state index in [4.69, 9.17) is 19.8 Å². The van der Waals surface area contributed by atoms with Crippen molar-refractivity contribution in [2.24, 2.45) is 9.98 Å². The Labute approximate surface area is 230 Å². The molecule has 8 heteroatoms. The van der Waals surface area contributed by atoms with Crippen molar-refractivity contribution in [3.05, 3.63) is 112 Å². The van der Waals surface area contributed by atoms with Gasteiger partial charge in [-0.25, -0.2) is 14.7 Å². The lowest BCUT2D eigenvalue weighted by Gasteiger charge is -2.40. The van der Waals surface area contributed by atoms with Gasteiger partial charge in [-0.15, -0.1) is 11.3 Å². The van der Waals surface area contributed by atoms with E-state index in [9.17, 15) is 0 Å². The zero-order valence-electron chi connectivity index (χ0n) is 21.8. The molecule has 0 aliphatic carbocycles. The number of benzene rings is 3. The van der Waals surface area contributed by atoms with Gasteiger partial charge in [-0.3, -0.25) is 0 Å². The molecule has 3 aromatic carbocycles. The minimum absolute atomic E-state index is 0.101. The third-order valence-corrected chi connectivity index (χ3v) is 8.01. The van der Waals surface area contributed by atoms with Crippen LogP contribution in [0.1, 0.15) is 27.7 Å². The average Bonchev–Trinajstić information content (AvgIpc) is 3.61. The summed E-state index contributed by atoms with van der Waals surface area (Å²) in [4.78, 5) is 13.9. The summed E-state index contributed by atoms with van der Waals surface area (Å²) in [6, 6.07) is 28.7. The molecular formula is C31H26N6OS. The summed E-state index contributed by atoms with van der Waals surface area (Å²) in [6.07, 6.45) is 0. The summed E-state index contributed by atoms with van der Waals surface area (Å²) < 4.78 is 7.31. The van der Waals surface area contributed by atoms with Crippen LogP contribution in [0, 0.1) is 13.8 Å². The van der Waals surface area contributed by atoms with E-state index < -0.39 is 0 Å². The van der Waals surface area contributed by atoms with Crippen LogP contribution in [0.25, 0.3) is 5.69 Å². The number of ether oxygens (including phenoxy) is 1. The monoisotopic (exact) mass is 530 g/mol. The molecule has 0 unspecified atom stereocenters. The number of aliphatic imine (C=N–C) groups is 2. The maximum absolute atomic E-state index is 5.35. The molecular weight excluding hydrogens is 504 g/mol. The van der Waals surface area contributed by atoms with Gasteiger partial charge in [-0.05, 0) is 73.8 Å². The van der Waals surface area contributed by atoms with E-state index in [2.05, 4.69) is 78.0 Å². The number of hydrogen-bond acceptors (Lipinski definition) is 7. The molecule has 0 radical (unpaired) electrons. The van der Waals surface area contributed by atoms with Crippen LogP contribution in [-0.2, 0) is 0 Å². The fraction of sp³-hybridized carbons (Fsp3) is 0.129. The van der Waals surface area contributed by atoms with Crippen LogP contribution in [0.5, 0.6) is 5.75 Å². The highest BCUT2D eigenvalue weighted by Crippen LogP contribution is 2.49. The second kappa shape index (κ2) is 9.25. The average molecular weight is 531 g/mol. The normalized spacial score (nSPS) is 15.6.